The Kier molecular flexibility index (Phi) is 7.56. The van der Waals surface area contributed by atoms with Crippen LogP contribution in [-0.2, 0) is 9.59 Å². The third kappa shape index (κ3) is 6.46. The van der Waals surface area contributed by atoms with E-state index in [1.165, 1.54) is 6.42 Å². The topological polar surface area (TPSA) is 98.7 Å². The quantitative estimate of drug-likeness (QED) is 0.647. The van der Waals surface area contributed by atoms with Gasteiger partial charge in [-0.2, -0.15) is 0 Å². The average molecular weight is 299 g/mol. The summed E-state index contributed by atoms with van der Waals surface area (Å²) in [7, 11) is 0. The third-order valence-corrected chi connectivity index (χ3v) is 3.68. The van der Waals surface area contributed by atoms with Gasteiger partial charge in [0.2, 0.25) is 5.91 Å². The van der Waals surface area contributed by atoms with Crippen molar-refractivity contribution in [3.05, 3.63) is 0 Å². The van der Waals surface area contributed by atoms with E-state index in [-0.39, 0.29) is 25.4 Å². The van der Waals surface area contributed by atoms with Gasteiger partial charge in [0.1, 0.15) is 0 Å². The van der Waals surface area contributed by atoms with Crippen LogP contribution in [0, 0.1) is 5.92 Å². The Morgan fingerprint density at radius 3 is 2.38 bits per heavy atom. The first-order valence-electron chi connectivity index (χ1n) is 7.56. The molecule has 0 saturated carbocycles. The molecule has 21 heavy (non-hydrogen) atoms. The molecule has 7 heteroatoms. The van der Waals surface area contributed by atoms with E-state index < -0.39 is 17.9 Å². The third-order valence-electron chi connectivity index (χ3n) is 3.68. The van der Waals surface area contributed by atoms with Crippen LogP contribution in [0.5, 0.6) is 0 Å². The van der Waals surface area contributed by atoms with Gasteiger partial charge < -0.3 is 20.6 Å². The maximum Gasteiger partial charge on any atom is 0.314 e. The molecule has 1 heterocycles. The van der Waals surface area contributed by atoms with Crippen LogP contribution in [0.15, 0.2) is 0 Å². The Balaban J connectivity index is 2.15. The molecule has 0 aromatic carbocycles. The molecule has 1 saturated heterocycles. The number of likely N-dealkylation sites (tertiary alicyclic amines) is 1. The van der Waals surface area contributed by atoms with E-state index in [1.807, 2.05) is 4.90 Å². The molecule has 1 atom stereocenters. The van der Waals surface area contributed by atoms with Crippen molar-refractivity contribution in [3.63, 3.8) is 0 Å². The fourth-order valence-corrected chi connectivity index (χ4v) is 2.27. The highest BCUT2D eigenvalue weighted by molar-refractivity contribution is 5.78. The van der Waals surface area contributed by atoms with Gasteiger partial charge in [-0.25, -0.2) is 4.79 Å². The van der Waals surface area contributed by atoms with Crippen LogP contribution in [-0.4, -0.2) is 54.1 Å². The van der Waals surface area contributed by atoms with Crippen molar-refractivity contribution in [3.8, 4) is 0 Å². The van der Waals surface area contributed by atoms with E-state index >= 15 is 0 Å². The van der Waals surface area contributed by atoms with Gasteiger partial charge in [-0.05, 0) is 25.7 Å². The van der Waals surface area contributed by atoms with Crippen LogP contribution in [0.1, 0.15) is 39.0 Å². The van der Waals surface area contributed by atoms with E-state index in [2.05, 4.69) is 10.6 Å². The predicted molar refractivity (Wildman–Crippen MR) is 77.9 cm³/mol. The SMILES string of the molecule is CCC(CNC(=O)NCCC(=O)N1CCCCC1)C(=O)O. The zero-order valence-corrected chi connectivity index (χ0v) is 12.6. The molecule has 3 amide bonds. The van der Waals surface area contributed by atoms with Crippen molar-refractivity contribution in [1.82, 2.24) is 15.5 Å². The monoisotopic (exact) mass is 299 g/mol. The molecule has 1 rings (SSSR count). The van der Waals surface area contributed by atoms with E-state index in [0.717, 1.165) is 25.9 Å². The Morgan fingerprint density at radius 2 is 1.81 bits per heavy atom. The molecule has 0 radical (unpaired) electrons. The van der Waals surface area contributed by atoms with Crippen molar-refractivity contribution in [2.24, 2.45) is 5.92 Å². The molecule has 1 aliphatic rings. The zero-order chi connectivity index (χ0) is 15.7. The maximum absolute atomic E-state index is 11.9. The highest BCUT2D eigenvalue weighted by Crippen LogP contribution is 2.09. The number of hydrogen-bond acceptors (Lipinski definition) is 3. The molecular weight excluding hydrogens is 274 g/mol. The number of piperidine rings is 1. The summed E-state index contributed by atoms with van der Waals surface area (Å²) in [5.74, 6) is -1.43. The van der Waals surface area contributed by atoms with Gasteiger partial charge >= 0.3 is 12.0 Å². The first kappa shape index (κ1) is 17.3. The largest absolute Gasteiger partial charge is 0.481 e. The molecule has 0 aliphatic carbocycles. The van der Waals surface area contributed by atoms with Gasteiger partial charge in [-0.1, -0.05) is 6.92 Å². The first-order chi connectivity index (χ1) is 10.0. The van der Waals surface area contributed by atoms with Crippen LogP contribution in [0.2, 0.25) is 0 Å². The standard InChI is InChI=1S/C14H25N3O4/c1-2-11(13(19)20)10-16-14(21)15-7-6-12(18)17-8-4-3-5-9-17/h11H,2-10H2,1H3,(H,19,20)(H2,15,16,21). The number of carboxylic acids is 1. The van der Waals surface area contributed by atoms with Crippen LogP contribution in [0.25, 0.3) is 0 Å². The average Bonchev–Trinajstić information content (AvgIpc) is 2.48. The second-order valence-electron chi connectivity index (χ2n) is 5.27. The number of carboxylic acid groups (broad SMARTS) is 1. The van der Waals surface area contributed by atoms with Crippen LogP contribution < -0.4 is 10.6 Å². The van der Waals surface area contributed by atoms with Gasteiger partial charge in [0.25, 0.3) is 0 Å². The maximum atomic E-state index is 11.9. The molecule has 7 nitrogen and oxygen atoms in total. The summed E-state index contributed by atoms with van der Waals surface area (Å²) in [6, 6.07) is -0.429. The Morgan fingerprint density at radius 1 is 1.14 bits per heavy atom. The van der Waals surface area contributed by atoms with Crippen molar-refractivity contribution in [1.29, 1.82) is 0 Å². The molecular formula is C14H25N3O4. The van der Waals surface area contributed by atoms with Crippen LogP contribution in [0.4, 0.5) is 4.79 Å². The Labute approximate surface area is 125 Å². The second kappa shape index (κ2) is 9.20. The summed E-state index contributed by atoms with van der Waals surface area (Å²) in [6.07, 6.45) is 4.01. The highest BCUT2D eigenvalue weighted by atomic mass is 16.4. The van der Waals surface area contributed by atoms with Gasteiger partial charge in [0.15, 0.2) is 0 Å². The van der Waals surface area contributed by atoms with Crippen molar-refractivity contribution in [2.45, 2.75) is 39.0 Å². The number of aliphatic carboxylic acids is 1. The van der Waals surface area contributed by atoms with Crippen LogP contribution >= 0.6 is 0 Å². The Hall–Kier alpha value is -1.79. The Bertz CT molecular complexity index is 367. The summed E-state index contributed by atoms with van der Waals surface area (Å²) < 4.78 is 0. The van der Waals surface area contributed by atoms with Crippen LogP contribution in [0.3, 0.4) is 0 Å². The lowest BCUT2D eigenvalue weighted by atomic mass is 10.1. The number of nitrogens with zero attached hydrogens (tertiary/aromatic N) is 1. The summed E-state index contributed by atoms with van der Waals surface area (Å²) in [4.78, 5) is 36.0. The molecule has 0 spiro atoms. The van der Waals surface area contributed by atoms with Crippen molar-refractivity contribution < 1.29 is 19.5 Å². The lowest BCUT2D eigenvalue weighted by molar-refractivity contribution is -0.141. The molecule has 1 fully saturated rings. The van der Waals surface area contributed by atoms with Crippen molar-refractivity contribution in [2.75, 3.05) is 26.2 Å². The fourth-order valence-electron chi connectivity index (χ4n) is 2.27. The minimum atomic E-state index is -0.918. The van der Waals surface area contributed by atoms with E-state index in [1.54, 1.807) is 6.92 Å². The van der Waals surface area contributed by atoms with Gasteiger partial charge in [0, 0.05) is 32.6 Å². The number of amides is 3. The van der Waals surface area contributed by atoms with Gasteiger partial charge in [-0.3, -0.25) is 9.59 Å². The molecule has 0 bridgehead atoms. The summed E-state index contributed by atoms with van der Waals surface area (Å²) in [5.41, 5.74) is 0. The summed E-state index contributed by atoms with van der Waals surface area (Å²) in [6.45, 7) is 3.74. The van der Waals surface area contributed by atoms with Crippen molar-refractivity contribution >= 4 is 17.9 Å². The first-order valence-corrected chi connectivity index (χ1v) is 7.56. The lowest BCUT2D eigenvalue weighted by Gasteiger charge is -2.26. The van der Waals surface area contributed by atoms with E-state index in [4.69, 9.17) is 5.11 Å². The van der Waals surface area contributed by atoms with E-state index in [0.29, 0.717) is 6.42 Å². The molecule has 120 valence electrons. The molecule has 0 aromatic rings. The fraction of sp³-hybridized carbons (Fsp3) is 0.786. The number of rotatable bonds is 7. The zero-order valence-electron chi connectivity index (χ0n) is 12.6. The molecule has 1 unspecified atom stereocenters. The number of nitrogens with one attached hydrogen (secondary N) is 2. The number of hydrogen-bond donors (Lipinski definition) is 3. The van der Waals surface area contributed by atoms with Gasteiger partial charge in [0.05, 0.1) is 5.92 Å². The minimum absolute atomic E-state index is 0.0620. The predicted octanol–water partition coefficient (Wildman–Crippen LogP) is 0.799. The van der Waals surface area contributed by atoms with E-state index in [9.17, 15) is 14.4 Å². The smallest absolute Gasteiger partial charge is 0.314 e. The highest BCUT2D eigenvalue weighted by Gasteiger charge is 2.17. The second-order valence-corrected chi connectivity index (χ2v) is 5.27. The molecule has 0 aromatic heterocycles. The number of carbonyl (C=O) groups excluding carboxylic acids is 2. The summed E-state index contributed by atoms with van der Waals surface area (Å²) in [5, 5.41) is 14.0. The summed E-state index contributed by atoms with van der Waals surface area (Å²) >= 11 is 0. The van der Waals surface area contributed by atoms with Gasteiger partial charge in [-0.15, -0.1) is 0 Å². The number of carbonyl (C=O) groups is 3. The molecule has 3 N–H and O–H groups in total. The number of urea groups is 1. The normalized spacial score (nSPS) is 16.1. The molecule has 1 aliphatic heterocycles. The lowest BCUT2D eigenvalue weighted by Crippen LogP contribution is -2.42. The minimum Gasteiger partial charge on any atom is -0.481 e.